The Labute approximate surface area is 135 Å². The predicted octanol–water partition coefficient (Wildman–Crippen LogP) is 5.38. The second kappa shape index (κ2) is 5.11. The third kappa shape index (κ3) is 2.06. The Kier molecular flexibility index (Phi) is 3.09. The molecule has 3 aromatic carbocycles. The molecule has 0 spiro atoms. The molecule has 0 saturated carbocycles. The van der Waals surface area contributed by atoms with Crippen molar-refractivity contribution >= 4 is 37.9 Å². The van der Waals surface area contributed by atoms with Gasteiger partial charge in [-0.25, -0.2) is 0 Å². The molecule has 22 heavy (non-hydrogen) atoms. The van der Waals surface area contributed by atoms with Gasteiger partial charge in [-0.05, 0) is 29.8 Å². The largest absolute Gasteiger partial charge is 0.455 e. The van der Waals surface area contributed by atoms with Gasteiger partial charge in [0, 0.05) is 10.0 Å². The summed E-state index contributed by atoms with van der Waals surface area (Å²) in [4.78, 5) is 12.7. The molecule has 0 bridgehead atoms. The summed E-state index contributed by atoms with van der Waals surface area (Å²) in [5.41, 5.74) is 3.16. The number of benzene rings is 3. The summed E-state index contributed by atoms with van der Waals surface area (Å²) >= 11 is 3.50. The van der Waals surface area contributed by atoms with Crippen LogP contribution in [-0.2, 0) is 0 Å². The SMILES string of the molecule is O=c1c2ccccc2oc2c(-c3ccccc3)cc(Br)cc12. The molecule has 0 N–H and O–H groups in total. The summed E-state index contributed by atoms with van der Waals surface area (Å²) < 4.78 is 6.91. The predicted molar refractivity (Wildman–Crippen MR) is 93.1 cm³/mol. The third-order valence-electron chi connectivity index (χ3n) is 3.73. The fourth-order valence-electron chi connectivity index (χ4n) is 2.70. The van der Waals surface area contributed by atoms with Crippen LogP contribution in [0.15, 0.2) is 80.4 Å². The van der Waals surface area contributed by atoms with Gasteiger partial charge in [-0.15, -0.1) is 0 Å². The Morgan fingerprint density at radius 3 is 2.36 bits per heavy atom. The van der Waals surface area contributed by atoms with E-state index < -0.39 is 0 Å². The first-order valence-electron chi connectivity index (χ1n) is 6.94. The standard InChI is InChI=1S/C19H11BrO2/c20-13-10-15(12-6-2-1-3-7-12)19-16(11-13)18(21)14-8-4-5-9-17(14)22-19/h1-11H. The fraction of sp³-hybridized carbons (Fsp3) is 0. The fourth-order valence-corrected chi connectivity index (χ4v) is 3.16. The van der Waals surface area contributed by atoms with E-state index in [0.29, 0.717) is 21.9 Å². The first-order valence-corrected chi connectivity index (χ1v) is 7.74. The Hall–Kier alpha value is -2.39. The van der Waals surface area contributed by atoms with Crippen molar-refractivity contribution in [1.29, 1.82) is 0 Å². The normalized spacial score (nSPS) is 11.1. The van der Waals surface area contributed by atoms with E-state index in [1.54, 1.807) is 6.07 Å². The van der Waals surface area contributed by atoms with Crippen LogP contribution in [0.2, 0.25) is 0 Å². The molecule has 1 heterocycles. The Morgan fingerprint density at radius 2 is 1.55 bits per heavy atom. The van der Waals surface area contributed by atoms with Gasteiger partial charge >= 0.3 is 0 Å². The molecule has 3 heteroatoms. The van der Waals surface area contributed by atoms with Crippen LogP contribution in [0, 0.1) is 0 Å². The summed E-state index contributed by atoms with van der Waals surface area (Å²) in [6.45, 7) is 0. The van der Waals surface area contributed by atoms with Crippen LogP contribution in [0.1, 0.15) is 0 Å². The molecule has 0 atom stereocenters. The highest BCUT2D eigenvalue weighted by molar-refractivity contribution is 9.10. The maximum absolute atomic E-state index is 12.7. The molecule has 0 unspecified atom stereocenters. The minimum Gasteiger partial charge on any atom is -0.455 e. The van der Waals surface area contributed by atoms with Crippen molar-refractivity contribution in [1.82, 2.24) is 0 Å². The number of rotatable bonds is 1. The van der Waals surface area contributed by atoms with Crippen LogP contribution in [-0.4, -0.2) is 0 Å². The Morgan fingerprint density at radius 1 is 0.818 bits per heavy atom. The molecule has 0 fully saturated rings. The summed E-state index contributed by atoms with van der Waals surface area (Å²) in [7, 11) is 0. The average molecular weight is 351 g/mol. The number of fused-ring (bicyclic) bond motifs is 2. The highest BCUT2D eigenvalue weighted by atomic mass is 79.9. The Balaban J connectivity index is 2.21. The van der Waals surface area contributed by atoms with Crippen LogP contribution in [0.5, 0.6) is 0 Å². The lowest BCUT2D eigenvalue weighted by Gasteiger charge is -2.08. The van der Waals surface area contributed by atoms with Crippen LogP contribution in [0.25, 0.3) is 33.1 Å². The second-order valence-electron chi connectivity index (χ2n) is 5.12. The van der Waals surface area contributed by atoms with E-state index in [2.05, 4.69) is 15.9 Å². The van der Waals surface area contributed by atoms with E-state index in [1.165, 1.54) is 0 Å². The number of halogens is 1. The summed E-state index contributed by atoms with van der Waals surface area (Å²) in [6.07, 6.45) is 0. The molecule has 0 amide bonds. The topological polar surface area (TPSA) is 30.2 Å². The van der Waals surface area contributed by atoms with Crippen LogP contribution in [0.4, 0.5) is 0 Å². The van der Waals surface area contributed by atoms with Gasteiger partial charge < -0.3 is 4.42 Å². The summed E-state index contributed by atoms with van der Waals surface area (Å²) in [6, 6.07) is 21.1. The van der Waals surface area contributed by atoms with Crippen molar-refractivity contribution in [2.24, 2.45) is 0 Å². The lowest BCUT2D eigenvalue weighted by atomic mass is 10.0. The quantitative estimate of drug-likeness (QED) is 0.431. The van der Waals surface area contributed by atoms with Crippen molar-refractivity contribution in [2.45, 2.75) is 0 Å². The maximum Gasteiger partial charge on any atom is 0.200 e. The van der Waals surface area contributed by atoms with Crippen LogP contribution in [0.3, 0.4) is 0 Å². The zero-order valence-corrected chi connectivity index (χ0v) is 13.1. The van der Waals surface area contributed by atoms with E-state index in [1.807, 2.05) is 60.7 Å². The van der Waals surface area contributed by atoms with Gasteiger partial charge in [0.1, 0.15) is 11.2 Å². The van der Waals surface area contributed by atoms with Gasteiger partial charge in [0.25, 0.3) is 0 Å². The average Bonchev–Trinajstić information content (AvgIpc) is 2.56. The summed E-state index contributed by atoms with van der Waals surface area (Å²) in [5, 5.41) is 1.19. The third-order valence-corrected chi connectivity index (χ3v) is 4.18. The van der Waals surface area contributed by atoms with Gasteiger partial charge in [-0.1, -0.05) is 58.4 Å². The molecule has 4 rings (SSSR count). The van der Waals surface area contributed by atoms with Crippen molar-refractivity contribution < 1.29 is 4.42 Å². The molecule has 106 valence electrons. The van der Waals surface area contributed by atoms with E-state index in [9.17, 15) is 4.79 Å². The monoisotopic (exact) mass is 350 g/mol. The summed E-state index contributed by atoms with van der Waals surface area (Å²) in [5.74, 6) is 0. The second-order valence-corrected chi connectivity index (χ2v) is 6.04. The minimum absolute atomic E-state index is 0.00432. The molecular formula is C19H11BrO2. The molecular weight excluding hydrogens is 340 g/mol. The molecule has 0 aliphatic carbocycles. The number of hydrogen-bond acceptors (Lipinski definition) is 2. The van der Waals surface area contributed by atoms with Crippen molar-refractivity contribution in [3.63, 3.8) is 0 Å². The molecule has 2 nitrogen and oxygen atoms in total. The van der Waals surface area contributed by atoms with Crippen molar-refractivity contribution in [3.8, 4) is 11.1 Å². The first-order chi connectivity index (χ1) is 10.7. The lowest BCUT2D eigenvalue weighted by Crippen LogP contribution is -2.02. The first kappa shape index (κ1) is 13.3. The van der Waals surface area contributed by atoms with Gasteiger partial charge in [0.05, 0.1) is 10.8 Å². The van der Waals surface area contributed by atoms with Crippen LogP contribution < -0.4 is 5.43 Å². The minimum atomic E-state index is -0.00432. The van der Waals surface area contributed by atoms with Crippen molar-refractivity contribution in [2.75, 3.05) is 0 Å². The van der Waals surface area contributed by atoms with Gasteiger partial charge in [-0.3, -0.25) is 4.79 Å². The lowest BCUT2D eigenvalue weighted by molar-refractivity contribution is 0.661. The maximum atomic E-state index is 12.7. The van der Waals surface area contributed by atoms with Crippen LogP contribution >= 0.6 is 15.9 Å². The number of hydrogen-bond donors (Lipinski definition) is 0. The zero-order valence-electron chi connectivity index (χ0n) is 11.5. The molecule has 0 saturated heterocycles. The zero-order chi connectivity index (χ0) is 15.1. The number of para-hydroxylation sites is 1. The Bertz CT molecular complexity index is 1050. The highest BCUT2D eigenvalue weighted by Gasteiger charge is 2.13. The molecule has 1 aromatic heterocycles. The highest BCUT2D eigenvalue weighted by Crippen LogP contribution is 2.32. The molecule has 0 radical (unpaired) electrons. The van der Waals surface area contributed by atoms with E-state index in [4.69, 9.17) is 4.42 Å². The van der Waals surface area contributed by atoms with Gasteiger partial charge in [-0.2, -0.15) is 0 Å². The van der Waals surface area contributed by atoms with E-state index in [-0.39, 0.29) is 5.43 Å². The molecule has 0 aliphatic rings. The molecule has 4 aromatic rings. The van der Waals surface area contributed by atoms with Crippen molar-refractivity contribution in [3.05, 3.63) is 81.4 Å². The van der Waals surface area contributed by atoms with Gasteiger partial charge in [0.2, 0.25) is 5.43 Å². The van der Waals surface area contributed by atoms with E-state index >= 15 is 0 Å². The molecule has 0 aliphatic heterocycles. The van der Waals surface area contributed by atoms with Gasteiger partial charge in [0.15, 0.2) is 0 Å². The smallest absolute Gasteiger partial charge is 0.200 e. The van der Waals surface area contributed by atoms with E-state index in [0.717, 1.165) is 15.6 Å².